The molecule has 0 saturated heterocycles. The molecule has 0 fully saturated rings. The first-order valence-electron chi connectivity index (χ1n) is 12.0. The van der Waals surface area contributed by atoms with Gasteiger partial charge in [0.2, 0.25) is 0 Å². The van der Waals surface area contributed by atoms with Crippen LogP contribution < -0.4 is 10.2 Å². The number of furan rings is 1. The van der Waals surface area contributed by atoms with Crippen molar-refractivity contribution >= 4 is 39.9 Å². The molecule has 1 amide bonds. The first-order chi connectivity index (χ1) is 17.9. The Bertz CT molecular complexity index is 1590. The van der Waals surface area contributed by atoms with Gasteiger partial charge in [0.1, 0.15) is 22.6 Å². The van der Waals surface area contributed by atoms with Crippen molar-refractivity contribution in [1.82, 2.24) is 15.0 Å². The molecular formula is C28H25ClFN5O2. The molecule has 5 rings (SSSR count). The maximum Gasteiger partial charge on any atom is 0.291 e. The maximum absolute atomic E-state index is 13.5. The van der Waals surface area contributed by atoms with E-state index in [9.17, 15) is 9.18 Å². The second-order valence-corrected chi connectivity index (χ2v) is 8.99. The summed E-state index contributed by atoms with van der Waals surface area (Å²) in [7, 11) is 0. The van der Waals surface area contributed by atoms with E-state index in [0.29, 0.717) is 22.5 Å². The van der Waals surface area contributed by atoms with Gasteiger partial charge in [-0.05, 0) is 93.1 Å². The molecule has 9 heteroatoms. The van der Waals surface area contributed by atoms with Crippen LogP contribution in [0.5, 0.6) is 0 Å². The lowest BCUT2D eigenvalue weighted by atomic mass is 10.1. The van der Waals surface area contributed by atoms with Gasteiger partial charge in [0.05, 0.1) is 10.7 Å². The average Bonchev–Trinajstić information content (AvgIpc) is 3.55. The van der Waals surface area contributed by atoms with E-state index < -0.39 is 11.7 Å². The van der Waals surface area contributed by atoms with E-state index in [1.54, 1.807) is 29.1 Å². The number of amides is 1. The number of halogens is 2. The Labute approximate surface area is 218 Å². The van der Waals surface area contributed by atoms with E-state index >= 15 is 0 Å². The molecule has 0 aliphatic rings. The second-order valence-electron chi connectivity index (χ2n) is 8.58. The minimum Gasteiger partial charge on any atom is -0.451 e. The topological polar surface area (TPSA) is 76.2 Å². The van der Waals surface area contributed by atoms with Gasteiger partial charge in [0, 0.05) is 30.0 Å². The van der Waals surface area contributed by atoms with E-state index in [1.807, 2.05) is 25.1 Å². The first-order valence-corrected chi connectivity index (χ1v) is 12.3. The van der Waals surface area contributed by atoms with E-state index in [0.717, 1.165) is 35.5 Å². The van der Waals surface area contributed by atoms with E-state index in [4.69, 9.17) is 16.0 Å². The Morgan fingerprint density at radius 1 is 1.00 bits per heavy atom. The molecule has 0 aliphatic carbocycles. The summed E-state index contributed by atoms with van der Waals surface area (Å²) < 4.78 is 19.2. The summed E-state index contributed by atoms with van der Waals surface area (Å²) in [6.07, 6.45) is 0. The summed E-state index contributed by atoms with van der Waals surface area (Å²) in [4.78, 5) is 16.8. The summed E-state index contributed by atoms with van der Waals surface area (Å²) in [6, 6.07) is 19.2. The van der Waals surface area contributed by atoms with Crippen LogP contribution in [0, 0.1) is 12.7 Å². The van der Waals surface area contributed by atoms with Crippen molar-refractivity contribution in [3.05, 3.63) is 88.9 Å². The lowest BCUT2D eigenvalue weighted by Gasteiger charge is -2.20. The molecule has 0 radical (unpaired) electrons. The number of anilines is 2. The Morgan fingerprint density at radius 2 is 1.70 bits per heavy atom. The SMILES string of the molecule is CCN(CC)c1ccc(-n2nc3cc(C)c(NC(=O)c4ccc(-c5ccc(F)c(Cl)c5)o4)cc3n2)cc1. The minimum absolute atomic E-state index is 0.0169. The van der Waals surface area contributed by atoms with Gasteiger partial charge in [0.25, 0.3) is 5.91 Å². The lowest BCUT2D eigenvalue weighted by molar-refractivity contribution is 0.0997. The van der Waals surface area contributed by atoms with Gasteiger partial charge in [0.15, 0.2) is 5.76 Å². The number of nitrogens with one attached hydrogen (secondary N) is 1. The summed E-state index contributed by atoms with van der Waals surface area (Å²) in [5, 5.41) is 12.1. The van der Waals surface area contributed by atoms with Crippen molar-refractivity contribution in [2.75, 3.05) is 23.3 Å². The van der Waals surface area contributed by atoms with Crippen LogP contribution in [0.2, 0.25) is 5.02 Å². The van der Waals surface area contributed by atoms with Crippen LogP contribution >= 0.6 is 11.6 Å². The predicted molar refractivity (Wildman–Crippen MR) is 144 cm³/mol. The summed E-state index contributed by atoms with van der Waals surface area (Å²) in [5.41, 5.74) is 5.37. The molecule has 2 aromatic heterocycles. The molecule has 7 nitrogen and oxygen atoms in total. The molecule has 1 N–H and O–H groups in total. The summed E-state index contributed by atoms with van der Waals surface area (Å²) in [5.74, 6) is -0.406. The number of benzene rings is 3. The van der Waals surface area contributed by atoms with Crippen molar-refractivity contribution in [2.24, 2.45) is 0 Å². The van der Waals surface area contributed by atoms with Crippen LogP contribution in [0.3, 0.4) is 0 Å². The van der Waals surface area contributed by atoms with Crippen molar-refractivity contribution in [3.63, 3.8) is 0 Å². The molecule has 0 aliphatic heterocycles. The van der Waals surface area contributed by atoms with Crippen molar-refractivity contribution < 1.29 is 13.6 Å². The highest BCUT2D eigenvalue weighted by Crippen LogP contribution is 2.28. The van der Waals surface area contributed by atoms with Crippen molar-refractivity contribution in [3.8, 4) is 17.0 Å². The van der Waals surface area contributed by atoms with Crippen LogP contribution in [0.4, 0.5) is 15.8 Å². The number of aryl methyl sites for hydroxylation is 1. The van der Waals surface area contributed by atoms with Gasteiger partial charge in [-0.3, -0.25) is 4.79 Å². The highest BCUT2D eigenvalue weighted by molar-refractivity contribution is 6.31. The molecular weight excluding hydrogens is 493 g/mol. The predicted octanol–water partition coefficient (Wildman–Crippen LogP) is 6.88. The summed E-state index contributed by atoms with van der Waals surface area (Å²) in [6.45, 7) is 8.02. The molecule has 0 saturated carbocycles. The standard InChI is InChI=1S/C28H25ClFN5O2/c1-4-34(5-2)19-7-9-20(10-8-19)35-32-24-14-17(3)23(16-25(24)33-35)31-28(36)27-13-12-26(37-27)18-6-11-22(30)21(29)15-18/h6-16H,4-5H2,1-3H3,(H,31,36). The van der Waals surface area contributed by atoms with Crippen molar-refractivity contribution in [2.45, 2.75) is 20.8 Å². The fourth-order valence-corrected chi connectivity index (χ4v) is 4.33. The van der Waals surface area contributed by atoms with Crippen LogP contribution in [-0.2, 0) is 0 Å². The van der Waals surface area contributed by atoms with E-state index in [2.05, 4.69) is 46.4 Å². The lowest BCUT2D eigenvalue weighted by Crippen LogP contribution is -2.21. The molecule has 0 spiro atoms. The quantitative estimate of drug-likeness (QED) is 0.254. The monoisotopic (exact) mass is 517 g/mol. The van der Waals surface area contributed by atoms with Gasteiger partial charge >= 0.3 is 0 Å². The number of rotatable bonds is 7. The van der Waals surface area contributed by atoms with Crippen LogP contribution in [0.15, 0.2) is 71.1 Å². The highest BCUT2D eigenvalue weighted by Gasteiger charge is 2.16. The second kappa shape index (κ2) is 10.1. The number of aromatic nitrogens is 3. The van der Waals surface area contributed by atoms with Crippen LogP contribution in [-0.4, -0.2) is 34.0 Å². The molecule has 0 unspecified atom stereocenters. The normalized spacial score (nSPS) is 11.2. The Balaban J connectivity index is 1.36. The zero-order valence-electron chi connectivity index (χ0n) is 20.6. The van der Waals surface area contributed by atoms with Crippen LogP contribution in [0.1, 0.15) is 30.0 Å². The van der Waals surface area contributed by atoms with E-state index in [1.165, 1.54) is 12.1 Å². The number of carbonyl (C=O) groups excluding carboxylic acids is 1. The van der Waals surface area contributed by atoms with E-state index in [-0.39, 0.29) is 10.8 Å². The average molecular weight is 518 g/mol. The summed E-state index contributed by atoms with van der Waals surface area (Å²) >= 11 is 5.87. The molecule has 0 atom stereocenters. The third kappa shape index (κ3) is 4.93. The number of fused-ring (bicyclic) bond motifs is 1. The Morgan fingerprint density at radius 3 is 2.38 bits per heavy atom. The minimum atomic E-state index is -0.519. The molecule has 2 heterocycles. The van der Waals surface area contributed by atoms with Gasteiger partial charge in [-0.25, -0.2) is 4.39 Å². The fourth-order valence-electron chi connectivity index (χ4n) is 4.15. The Kier molecular flexibility index (Phi) is 6.67. The smallest absolute Gasteiger partial charge is 0.291 e. The van der Waals surface area contributed by atoms with Crippen LogP contribution in [0.25, 0.3) is 28.0 Å². The molecule has 3 aromatic carbocycles. The first kappa shape index (κ1) is 24.5. The molecule has 0 bridgehead atoms. The third-order valence-electron chi connectivity index (χ3n) is 6.22. The highest BCUT2D eigenvalue weighted by atomic mass is 35.5. The molecule has 188 valence electrons. The van der Waals surface area contributed by atoms with Gasteiger partial charge in [-0.15, -0.1) is 10.2 Å². The van der Waals surface area contributed by atoms with Crippen molar-refractivity contribution in [1.29, 1.82) is 0 Å². The fraction of sp³-hybridized carbons (Fsp3) is 0.179. The largest absolute Gasteiger partial charge is 0.451 e. The molecule has 5 aromatic rings. The maximum atomic E-state index is 13.5. The van der Waals surface area contributed by atoms with Gasteiger partial charge < -0.3 is 14.6 Å². The number of nitrogens with zero attached hydrogens (tertiary/aromatic N) is 4. The molecule has 37 heavy (non-hydrogen) atoms. The Hall–Kier alpha value is -4.17. The van der Waals surface area contributed by atoms with Gasteiger partial charge in [-0.1, -0.05) is 11.6 Å². The zero-order chi connectivity index (χ0) is 26.1. The number of carbonyl (C=O) groups is 1. The number of hydrogen-bond acceptors (Lipinski definition) is 5. The van der Waals surface area contributed by atoms with Gasteiger partial charge in [-0.2, -0.15) is 4.80 Å². The zero-order valence-corrected chi connectivity index (χ0v) is 21.4. The third-order valence-corrected chi connectivity index (χ3v) is 6.51. The number of hydrogen-bond donors (Lipinski definition) is 1.